The minimum atomic E-state index is -4.09. The summed E-state index contributed by atoms with van der Waals surface area (Å²) in [4.78, 5) is 12.8. The Kier molecular flexibility index (Phi) is 6.19. The number of sulfonamides is 1. The lowest BCUT2D eigenvalue weighted by molar-refractivity contribution is 0.0464. The molecule has 1 N–H and O–H groups in total. The van der Waals surface area contributed by atoms with E-state index in [1.165, 1.54) is 23.0 Å². The van der Waals surface area contributed by atoms with Gasteiger partial charge in [-0.25, -0.2) is 31.6 Å². The summed E-state index contributed by atoms with van der Waals surface area (Å²) in [5.74, 6) is 0.470. The van der Waals surface area contributed by atoms with Gasteiger partial charge in [0.2, 0.25) is 15.2 Å². The van der Waals surface area contributed by atoms with Crippen LogP contribution in [0.4, 0.5) is 19.0 Å². The summed E-state index contributed by atoms with van der Waals surface area (Å²) in [7, 11) is -4.09. The maximum atomic E-state index is 15.4. The van der Waals surface area contributed by atoms with Crippen molar-refractivity contribution in [1.29, 1.82) is 5.26 Å². The Morgan fingerprint density at radius 1 is 1.17 bits per heavy atom. The zero-order valence-electron chi connectivity index (χ0n) is 21.5. The molecule has 0 radical (unpaired) electrons. The van der Waals surface area contributed by atoms with Gasteiger partial charge in [-0.3, -0.25) is 9.47 Å². The normalized spacial score (nSPS) is 22.8. The van der Waals surface area contributed by atoms with E-state index in [9.17, 15) is 22.5 Å². The number of halogens is 3. The van der Waals surface area contributed by atoms with Gasteiger partial charge in [-0.05, 0) is 50.9 Å². The summed E-state index contributed by atoms with van der Waals surface area (Å²) in [6.07, 6.45) is -0.0899. The fourth-order valence-electron chi connectivity index (χ4n) is 5.65. The molecule has 1 saturated carbocycles. The van der Waals surface area contributed by atoms with Gasteiger partial charge in [0.25, 0.3) is 6.43 Å². The minimum Gasteiger partial charge on any atom is -0.353 e. The van der Waals surface area contributed by atoms with Crippen molar-refractivity contribution in [3.8, 4) is 11.2 Å². The molecular formula is C25H24F3N9O2S2. The van der Waals surface area contributed by atoms with Crippen molar-refractivity contribution in [1.82, 2.24) is 34.4 Å². The van der Waals surface area contributed by atoms with Crippen LogP contribution in [-0.4, -0.2) is 82.0 Å². The average Bonchev–Trinajstić information content (AvgIpc) is 3.36. The highest BCUT2D eigenvalue weighted by Gasteiger charge is 2.47. The van der Waals surface area contributed by atoms with Gasteiger partial charge in [0.05, 0.1) is 28.4 Å². The van der Waals surface area contributed by atoms with Crippen LogP contribution >= 0.6 is 11.3 Å². The van der Waals surface area contributed by atoms with E-state index in [0.717, 1.165) is 19.5 Å². The Hall–Kier alpha value is -3.39. The third-order valence-corrected chi connectivity index (χ3v) is 10.5. The second-order valence-corrected chi connectivity index (χ2v) is 13.3. The minimum absolute atomic E-state index is 0.0722. The van der Waals surface area contributed by atoms with Gasteiger partial charge in [-0.2, -0.15) is 9.98 Å². The van der Waals surface area contributed by atoms with Crippen LogP contribution in [0.1, 0.15) is 37.1 Å². The van der Waals surface area contributed by atoms with Gasteiger partial charge >= 0.3 is 0 Å². The molecule has 2 aliphatic heterocycles. The van der Waals surface area contributed by atoms with Crippen molar-refractivity contribution in [2.75, 3.05) is 31.1 Å². The summed E-state index contributed by atoms with van der Waals surface area (Å²) in [5, 5.41) is 17.6. The molecule has 2 saturated heterocycles. The molecule has 1 aromatic carbocycles. The molecule has 2 atom stereocenters. The second kappa shape index (κ2) is 9.58. The quantitative estimate of drug-likeness (QED) is 0.338. The Morgan fingerprint density at radius 2 is 1.98 bits per heavy atom. The number of hydrogen-bond donors (Lipinski definition) is 1. The van der Waals surface area contributed by atoms with E-state index in [0.29, 0.717) is 64.9 Å². The fourth-order valence-corrected chi connectivity index (χ4v) is 7.76. The number of hydrogen-bond acceptors (Lipinski definition) is 10. The van der Waals surface area contributed by atoms with Crippen LogP contribution in [0.5, 0.6) is 0 Å². The largest absolute Gasteiger partial charge is 0.353 e. The van der Waals surface area contributed by atoms with E-state index in [1.807, 2.05) is 11.0 Å². The molecule has 7 rings (SSSR count). The molecule has 1 aliphatic carbocycles. The Morgan fingerprint density at radius 3 is 2.61 bits per heavy atom. The van der Waals surface area contributed by atoms with Crippen molar-refractivity contribution in [3.05, 3.63) is 29.5 Å². The van der Waals surface area contributed by atoms with Crippen LogP contribution < -0.4 is 9.62 Å². The third-order valence-electron chi connectivity index (χ3n) is 8.08. The lowest BCUT2D eigenvalue weighted by Gasteiger charge is -2.45. The molecule has 0 spiro atoms. The van der Waals surface area contributed by atoms with Gasteiger partial charge in [-0.1, -0.05) is 17.4 Å². The number of piperidine rings is 1. The molecule has 16 heteroatoms. The summed E-state index contributed by atoms with van der Waals surface area (Å²) in [5.41, 5.74) is -0.494. The summed E-state index contributed by atoms with van der Waals surface area (Å²) >= 11 is 0.663. The van der Waals surface area contributed by atoms with Crippen LogP contribution in [0.3, 0.4) is 0 Å². The smallest absolute Gasteiger partial charge is 0.291 e. The highest BCUT2D eigenvalue weighted by atomic mass is 32.2. The zero-order chi connectivity index (χ0) is 28.5. The van der Waals surface area contributed by atoms with Gasteiger partial charge in [-0.15, -0.1) is 10.2 Å². The van der Waals surface area contributed by atoms with E-state index in [4.69, 9.17) is 0 Å². The van der Waals surface area contributed by atoms with E-state index >= 15 is 4.39 Å². The predicted octanol–water partition coefficient (Wildman–Crippen LogP) is 3.32. The van der Waals surface area contributed by atoms with E-state index in [-0.39, 0.29) is 22.6 Å². The van der Waals surface area contributed by atoms with Gasteiger partial charge in [0, 0.05) is 18.0 Å². The molecule has 4 aromatic rings. The molecular weight excluding hydrogens is 579 g/mol. The van der Waals surface area contributed by atoms with E-state index < -0.39 is 33.2 Å². The number of rotatable bonds is 7. The maximum Gasteiger partial charge on any atom is 0.291 e. The molecule has 0 bridgehead atoms. The van der Waals surface area contributed by atoms with Gasteiger partial charge in [0.1, 0.15) is 23.9 Å². The molecule has 3 aromatic heterocycles. The predicted molar refractivity (Wildman–Crippen MR) is 144 cm³/mol. The molecule has 3 fully saturated rings. The first-order valence-electron chi connectivity index (χ1n) is 13.2. The number of nitrogens with zero attached hydrogens (tertiary/aromatic N) is 8. The second-order valence-electron chi connectivity index (χ2n) is 10.6. The first kappa shape index (κ1) is 26.5. The lowest BCUT2D eigenvalue weighted by Crippen LogP contribution is -2.56. The fraction of sp³-hybridized carbons (Fsp3) is 0.480. The lowest BCUT2D eigenvalue weighted by atomic mass is 9.98. The van der Waals surface area contributed by atoms with Crippen molar-refractivity contribution < 1.29 is 21.6 Å². The van der Waals surface area contributed by atoms with E-state index in [2.05, 4.69) is 29.8 Å². The number of nitriles is 1. The molecule has 3 aliphatic rings. The molecule has 11 nitrogen and oxygen atoms in total. The Balaban J connectivity index is 1.37. The number of nitrogens with one attached hydrogen (secondary N) is 1. The first-order chi connectivity index (χ1) is 19.7. The molecule has 1 unspecified atom stereocenters. The van der Waals surface area contributed by atoms with Gasteiger partial charge in [0.15, 0.2) is 10.7 Å². The zero-order valence-corrected chi connectivity index (χ0v) is 23.2. The number of anilines is 1. The Bertz CT molecular complexity index is 1810. The van der Waals surface area contributed by atoms with Crippen molar-refractivity contribution in [2.45, 2.75) is 54.8 Å². The molecule has 41 heavy (non-hydrogen) atoms. The summed E-state index contributed by atoms with van der Waals surface area (Å²) < 4.78 is 72.7. The van der Waals surface area contributed by atoms with Crippen LogP contribution in [0.25, 0.3) is 27.1 Å². The number of alkyl halides is 3. The van der Waals surface area contributed by atoms with Crippen LogP contribution in [0.2, 0.25) is 0 Å². The Labute approximate surface area is 236 Å². The van der Waals surface area contributed by atoms with Crippen LogP contribution in [0.15, 0.2) is 29.4 Å². The highest BCUT2D eigenvalue weighted by Crippen LogP contribution is 2.40. The molecule has 5 heterocycles. The van der Waals surface area contributed by atoms with Gasteiger partial charge < -0.3 is 4.90 Å². The standard InChI is InChI=1S/C25H24F3N9O2S2/c26-16-11-36(9-4-17(16)35-7-1-8-35)21-19-15-3-2-14(41(38,39)34-25(12-29)5-6-25)10-18(15)37(22(19)31-13-30-21)24-33-32-23(40-24)20(27)28/h2-3,10,13,16-17,20,34H,1,4-9,11H2/t16-,17?/m0/s1. The van der Waals surface area contributed by atoms with Crippen LogP contribution in [-0.2, 0) is 10.0 Å². The number of benzene rings is 1. The van der Waals surface area contributed by atoms with Crippen LogP contribution in [0, 0.1) is 11.3 Å². The average molecular weight is 604 g/mol. The van der Waals surface area contributed by atoms with E-state index in [1.54, 1.807) is 6.07 Å². The first-order valence-corrected chi connectivity index (χ1v) is 15.5. The van der Waals surface area contributed by atoms with Crippen molar-refractivity contribution >= 4 is 49.1 Å². The highest BCUT2D eigenvalue weighted by molar-refractivity contribution is 7.89. The topological polar surface area (TPSA) is 133 Å². The SMILES string of the molecule is N#CC1(NS(=O)(=O)c2ccc3c4c(N5CCC(N6CCC6)[C@@H](F)C5)ncnc4n(-c4nnc(C(F)F)s4)c3c2)CC1. The monoisotopic (exact) mass is 603 g/mol. The summed E-state index contributed by atoms with van der Waals surface area (Å²) in [6.45, 7) is 2.48. The number of aromatic nitrogens is 5. The maximum absolute atomic E-state index is 15.4. The number of fused-ring (bicyclic) bond motifs is 3. The molecule has 214 valence electrons. The molecule has 0 amide bonds. The van der Waals surface area contributed by atoms with Crippen molar-refractivity contribution in [3.63, 3.8) is 0 Å². The number of likely N-dealkylation sites (tertiary alicyclic amines) is 1. The van der Waals surface area contributed by atoms with Crippen molar-refractivity contribution in [2.24, 2.45) is 0 Å². The third kappa shape index (κ3) is 4.42. The summed E-state index contributed by atoms with van der Waals surface area (Å²) in [6, 6.07) is 6.27.